The lowest BCUT2D eigenvalue weighted by Crippen LogP contribution is -2.06. The highest BCUT2D eigenvalue weighted by atomic mass is 32.2. The molecule has 0 amide bonds. The van der Waals surface area contributed by atoms with Crippen molar-refractivity contribution in [3.8, 4) is 0 Å². The van der Waals surface area contributed by atoms with Gasteiger partial charge < -0.3 is 5.11 Å². The second-order valence-electron chi connectivity index (χ2n) is 3.02. The van der Waals surface area contributed by atoms with Gasteiger partial charge in [0.1, 0.15) is 4.88 Å². The summed E-state index contributed by atoms with van der Waals surface area (Å²) in [5.41, 5.74) is 0. The molecule has 16 heavy (non-hydrogen) atoms. The van der Waals surface area contributed by atoms with Crippen LogP contribution in [-0.4, -0.2) is 23.0 Å². The van der Waals surface area contributed by atoms with E-state index in [1.807, 2.05) is 0 Å². The van der Waals surface area contributed by atoms with E-state index in [2.05, 4.69) is 0 Å². The monoisotopic (exact) mass is 270 g/mol. The predicted octanol–water partition coefficient (Wildman–Crippen LogP) is 3.88. The molecule has 0 aliphatic rings. The number of carboxylic acids is 1. The molecule has 7 heteroatoms. The molecule has 0 radical (unpaired) electrons. The third-order valence-corrected chi connectivity index (χ3v) is 3.79. The van der Waals surface area contributed by atoms with Crippen molar-refractivity contribution in [1.82, 2.24) is 0 Å². The van der Waals surface area contributed by atoms with Gasteiger partial charge in [-0.15, -0.1) is 23.1 Å². The zero-order valence-electron chi connectivity index (χ0n) is 8.08. The van der Waals surface area contributed by atoms with Crippen LogP contribution in [0.15, 0.2) is 16.3 Å². The van der Waals surface area contributed by atoms with Gasteiger partial charge >= 0.3 is 12.1 Å². The molecule has 1 aromatic rings. The lowest BCUT2D eigenvalue weighted by atomic mass is 10.3. The van der Waals surface area contributed by atoms with Crippen LogP contribution < -0.4 is 0 Å². The molecular formula is C9H9F3O2S2. The molecule has 1 aromatic heterocycles. The molecule has 0 saturated heterocycles. The molecular weight excluding hydrogens is 261 g/mol. The summed E-state index contributed by atoms with van der Waals surface area (Å²) in [6.07, 6.45) is -4.86. The summed E-state index contributed by atoms with van der Waals surface area (Å²) in [4.78, 5) is 11.4. The van der Waals surface area contributed by atoms with Crippen LogP contribution >= 0.6 is 23.1 Å². The molecule has 0 saturated carbocycles. The summed E-state index contributed by atoms with van der Waals surface area (Å²) >= 11 is 2.33. The van der Waals surface area contributed by atoms with Crippen molar-refractivity contribution in [2.45, 2.75) is 23.9 Å². The number of halogens is 3. The first-order valence-corrected chi connectivity index (χ1v) is 6.26. The molecule has 0 unspecified atom stereocenters. The summed E-state index contributed by atoms with van der Waals surface area (Å²) in [5.74, 6) is -0.665. The van der Waals surface area contributed by atoms with Crippen LogP contribution in [0.2, 0.25) is 0 Å². The van der Waals surface area contributed by atoms with Gasteiger partial charge in [0.15, 0.2) is 0 Å². The van der Waals surface area contributed by atoms with Crippen LogP contribution in [0.4, 0.5) is 13.2 Å². The zero-order valence-corrected chi connectivity index (χ0v) is 9.71. The highest BCUT2D eigenvalue weighted by Crippen LogP contribution is 2.28. The molecule has 0 aliphatic carbocycles. The fourth-order valence-electron chi connectivity index (χ4n) is 0.969. The summed E-state index contributed by atoms with van der Waals surface area (Å²) in [6.45, 7) is 0. The minimum Gasteiger partial charge on any atom is -0.477 e. The number of hydrogen-bond acceptors (Lipinski definition) is 3. The summed E-state index contributed by atoms with van der Waals surface area (Å²) < 4.78 is 35.4. The Labute approximate surface area is 98.5 Å². The Morgan fingerprint density at radius 2 is 2.19 bits per heavy atom. The minimum absolute atomic E-state index is 0.0480. The average molecular weight is 270 g/mol. The molecule has 0 atom stereocenters. The van der Waals surface area contributed by atoms with Gasteiger partial charge in [-0.1, -0.05) is 0 Å². The van der Waals surface area contributed by atoms with Gasteiger partial charge in [0.2, 0.25) is 0 Å². The third-order valence-electron chi connectivity index (χ3n) is 1.66. The summed E-state index contributed by atoms with van der Waals surface area (Å²) in [6, 6.07) is 1.48. The van der Waals surface area contributed by atoms with E-state index in [0.717, 1.165) is 11.3 Å². The van der Waals surface area contributed by atoms with E-state index in [9.17, 15) is 18.0 Å². The van der Waals surface area contributed by atoms with Crippen LogP contribution in [-0.2, 0) is 0 Å². The molecule has 90 valence electrons. The largest absolute Gasteiger partial charge is 0.477 e. The molecule has 0 bridgehead atoms. The standard InChI is InChI=1S/C9H9F3O2S2/c10-9(11,12)2-1-3-15-6-4-7(8(13)14)16-5-6/h4-5H,1-3H2,(H,13,14). The maximum absolute atomic E-state index is 11.8. The van der Waals surface area contributed by atoms with E-state index in [0.29, 0.717) is 10.6 Å². The Kier molecular flexibility index (Phi) is 4.67. The Morgan fingerprint density at radius 3 is 2.69 bits per heavy atom. The smallest absolute Gasteiger partial charge is 0.389 e. The van der Waals surface area contributed by atoms with E-state index in [4.69, 9.17) is 5.11 Å². The highest BCUT2D eigenvalue weighted by Gasteiger charge is 2.25. The Bertz CT molecular complexity index is 360. The number of alkyl halides is 3. The highest BCUT2D eigenvalue weighted by molar-refractivity contribution is 7.99. The fourth-order valence-corrected chi connectivity index (χ4v) is 2.79. The molecule has 0 aliphatic heterocycles. The van der Waals surface area contributed by atoms with E-state index < -0.39 is 18.6 Å². The Morgan fingerprint density at radius 1 is 1.50 bits per heavy atom. The van der Waals surface area contributed by atoms with Crippen LogP contribution in [0.1, 0.15) is 22.5 Å². The number of rotatable bonds is 5. The van der Waals surface area contributed by atoms with E-state index in [1.165, 1.54) is 17.8 Å². The molecule has 2 nitrogen and oxygen atoms in total. The number of carbonyl (C=O) groups is 1. The number of thiophene rings is 1. The predicted molar refractivity (Wildman–Crippen MR) is 57.3 cm³/mol. The molecule has 0 spiro atoms. The molecule has 0 aromatic carbocycles. The lowest BCUT2D eigenvalue weighted by molar-refractivity contribution is -0.134. The minimum atomic E-state index is -4.11. The normalized spacial score (nSPS) is 11.7. The van der Waals surface area contributed by atoms with Gasteiger partial charge in [-0.2, -0.15) is 13.2 Å². The van der Waals surface area contributed by atoms with Crippen molar-refractivity contribution in [3.05, 3.63) is 16.3 Å². The van der Waals surface area contributed by atoms with Crippen molar-refractivity contribution < 1.29 is 23.1 Å². The van der Waals surface area contributed by atoms with Crippen LogP contribution in [0.25, 0.3) is 0 Å². The van der Waals surface area contributed by atoms with E-state index >= 15 is 0 Å². The van der Waals surface area contributed by atoms with Gasteiger partial charge in [0.05, 0.1) is 0 Å². The third kappa shape index (κ3) is 4.89. The van der Waals surface area contributed by atoms with Crippen molar-refractivity contribution in [3.63, 3.8) is 0 Å². The van der Waals surface area contributed by atoms with Crippen molar-refractivity contribution in [2.75, 3.05) is 5.75 Å². The number of thioether (sulfide) groups is 1. The lowest BCUT2D eigenvalue weighted by Gasteiger charge is -2.04. The van der Waals surface area contributed by atoms with Gasteiger partial charge in [0, 0.05) is 16.7 Å². The maximum atomic E-state index is 11.8. The van der Waals surface area contributed by atoms with Crippen molar-refractivity contribution >= 4 is 29.1 Å². The van der Waals surface area contributed by atoms with Crippen LogP contribution in [0.3, 0.4) is 0 Å². The number of hydrogen-bond donors (Lipinski definition) is 1. The Balaban J connectivity index is 2.30. The van der Waals surface area contributed by atoms with Crippen LogP contribution in [0.5, 0.6) is 0 Å². The topological polar surface area (TPSA) is 37.3 Å². The van der Waals surface area contributed by atoms with Crippen molar-refractivity contribution in [2.24, 2.45) is 0 Å². The maximum Gasteiger partial charge on any atom is 0.389 e. The Hall–Kier alpha value is -0.690. The SMILES string of the molecule is O=C(O)c1cc(SCCCC(F)(F)F)cs1. The van der Waals surface area contributed by atoms with Gasteiger partial charge in [-0.25, -0.2) is 4.79 Å². The first-order chi connectivity index (χ1) is 7.38. The average Bonchev–Trinajstić information content (AvgIpc) is 2.59. The molecule has 1 rings (SSSR count). The first kappa shape index (κ1) is 13.4. The van der Waals surface area contributed by atoms with E-state index in [-0.39, 0.29) is 11.3 Å². The number of aromatic carboxylic acids is 1. The van der Waals surface area contributed by atoms with Crippen molar-refractivity contribution in [1.29, 1.82) is 0 Å². The zero-order chi connectivity index (χ0) is 12.2. The molecule has 0 fully saturated rings. The molecule has 1 heterocycles. The van der Waals surface area contributed by atoms with E-state index in [1.54, 1.807) is 5.38 Å². The molecule has 1 N–H and O–H groups in total. The summed E-state index contributed by atoms with van der Waals surface area (Å²) in [7, 11) is 0. The van der Waals surface area contributed by atoms with Crippen LogP contribution in [0, 0.1) is 0 Å². The van der Waals surface area contributed by atoms with Gasteiger partial charge in [-0.05, 0) is 18.2 Å². The first-order valence-electron chi connectivity index (χ1n) is 4.40. The number of carboxylic acid groups (broad SMARTS) is 1. The van der Waals surface area contributed by atoms with Gasteiger partial charge in [-0.3, -0.25) is 0 Å². The second kappa shape index (κ2) is 5.58. The quantitative estimate of drug-likeness (QED) is 0.651. The second-order valence-corrected chi connectivity index (χ2v) is 5.10. The summed E-state index contributed by atoms with van der Waals surface area (Å²) in [5, 5.41) is 10.3. The van der Waals surface area contributed by atoms with Gasteiger partial charge in [0.25, 0.3) is 0 Å². The fraction of sp³-hybridized carbons (Fsp3) is 0.444.